The Kier molecular flexibility index (Phi) is 6.21. The number of nitrogens with one attached hydrogen (secondary N) is 3. The fraction of sp³-hybridized carbons (Fsp3) is 0.222. The van der Waals surface area contributed by atoms with E-state index in [1.54, 1.807) is 41.7 Å². The Morgan fingerprint density at radius 3 is 1.88 bits per heavy atom. The molecule has 2 aromatic carbocycles. The molecule has 0 heterocycles. The van der Waals surface area contributed by atoms with E-state index < -0.39 is 24.7 Å². The SMILES string of the molecule is Cc1ccc(NC(=O)Nc2ccc(CC(=O)NCC(F)(F)F)cc2)cc1. The highest BCUT2D eigenvalue weighted by molar-refractivity contribution is 5.99. The molecule has 8 heteroatoms. The van der Waals surface area contributed by atoms with E-state index in [4.69, 9.17) is 0 Å². The van der Waals surface area contributed by atoms with Gasteiger partial charge in [0.1, 0.15) is 6.54 Å². The predicted octanol–water partition coefficient (Wildman–Crippen LogP) is 3.86. The molecular formula is C18H18F3N3O2. The van der Waals surface area contributed by atoms with Crippen molar-refractivity contribution in [3.05, 3.63) is 59.7 Å². The molecule has 2 aromatic rings. The van der Waals surface area contributed by atoms with E-state index in [1.165, 1.54) is 0 Å². The maximum atomic E-state index is 12.0. The summed E-state index contributed by atoms with van der Waals surface area (Å²) in [5.74, 6) is -0.722. The molecule has 0 aliphatic carbocycles. The van der Waals surface area contributed by atoms with Gasteiger partial charge in [-0.15, -0.1) is 0 Å². The quantitative estimate of drug-likeness (QED) is 0.753. The highest BCUT2D eigenvalue weighted by Gasteiger charge is 2.27. The number of benzene rings is 2. The molecule has 0 aliphatic rings. The van der Waals surface area contributed by atoms with Crippen LogP contribution < -0.4 is 16.0 Å². The summed E-state index contributed by atoms with van der Waals surface area (Å²) in [5, 5.41) is 7.11. The number of alkyl halides is 3. The smallest absolute Gasteiger partial charge is 0.347 e. The minimum absolute atomic E-state index is 0.175. The van der Waals surface area contributed by atoms with Crippen molar-refractivity contribution in [2.75, 3.05) is 17.2 Å². The number of halogens is 3. The molecule has 0 spiro atoms. The maximum Gasteiger partial charge on any atom is 0.405 e. The van der Waals surface area contributed by atoms with E-state index in [0.717, 1.165) is 5.56 Å². The van der Waals surface area contributed by atoms with Crippen LogP contribution in [0, 0.1) is 6.92 Å². The number of carbonyl (C=O) groups excluding carboxylic acids is 2. The molecule has 0 radical (unpaired) electrons. The van der Waals surface area contributed by atoms with Gasteiger partial charge in [0.2, 0.25) is 5.91 Å². The van der Waals surface area contributed by atoms with Gasteiger partial charge in [0.25, 0.3) is 0 Å². The Morgan fingerprint density at radius 1 is 0.885 bits per heavy atom. The molecule has 0 aromatic heterocycles. The first kappa shape index (κ1) is 19.3. The third-order valence-corrected chi connectivity index (χ3v) is 3.37. The van der Waals surface area contributed by atoms with Crippen molar-refractivity contribution >= 4 is 23.3 Å². The molecule has 138 valence electrons. The topological polar surface area (TPSA) is 70.2 Å². The van der Waals surface area contributed by atoms with Gasteiger partial charge in [0, 0.05) is 11.4 Å². The van der Waals surface area contributed by atoms with Crippen molar-refractivity contribution in [3.63, 3.8) is 0 Å². The van der Waals surface area contributed by atoms with Crippen LogP contribution in [0.3, 0.4) is 0 Å². The average Bonchev–Trinajstić information content (AvgIpc) is 2.56. The number of rotatable bonds is 5. The Morgan fingerprint density at radius 2 is 1.38 bits per heavy atom. The Bertz CT molecular complexity index is 757. The van der Waals surface area contributed by atoms with Gasteiger partial charge < -0.3 is 16.0 Å². The highest BCUT2D eigenvalue weighted by atomic mass is 19.4. The van der Waals surface area contributed by atoms with Crippen LogP contribution >= 0.6 is 0 Å². The number of hydrogen-bond donors (Lipinski definition) is 3. The van der Waals surface area contributed by atoms with Crippen LogP contribution in [0.15, 0.2) is 48.5 Å². The standard InChI is InChI=1S/C18H18F3N3O2/c1-12-2-6-14(7-3-12)23-17(26)24-15-8-4-13(5-9-15)10-16(25)22-11-18(19,20)21/h2-9H,10-11H2,1H3,(H,22,25)(H2,23,24,26). The Labute approximate surface area is 148 Å². The number of urea groups is 1. The molecule has 0 aliphatic heterocycles. The Balaban J connectivity index is 1.83. The van der Waals surface area contributed by atoms with Crippen molar-refractivity contribution < 1.29 is 22.8 Å². The normalized spacial score (nSPS) is 10.9. The maximum absolute atomic E-state index is 12.0. The second kappa shape index (κ2) is 8.37. The molecule has 3 N–H and O–H groups in total. The number of anilines is 2. The van der Waals surface area contributed by atoms with E-state index in [2.05, 4.69) is 10.6 Å². The van der Waals surface area contributed by atoms with Gasteiger partial charge in [-0.2, -0.15) is 13.2 Å². The van der Waals surface area contributed by atoms with E-state index in [1.807, 2.05) is 19.1 Å². The summed E-state index contributed by atoms with van der Waals surface area (Å²) < 4.78 is 36.1. The van der Waals surface area contributed by atoms with E-state index in [0.29, 0.717) is 16.9 Å². The third-order valence-electron chi connectivity index (χ3n) is 3.37. The van der Waals surface area contributed by atoms with Crippen molar-refractivity contribution in [1.82, 2.24) is 5.32 Å². The van der Waals surface area contributed by atoms with E-state index >= 15 is 0 Å². The minimum atomic E-state index is -4.44. The van der Waals surface area contributed by atoms with Crippen molar-refractivity contribution in [3.8, 4) is 0 Å². The summed E-state index contributed by atoms with van der Waals surface area (Å²) in [6.07, 6.45) is -4.61. The second-order valence-corrected chi connectivity index (χ2v) is 5.71. The lowest BCUT2D eigenvalue weighted by atomic mass is 10.1. The van der Waals surface area contributed by atoms with E-state index in [-0.39, 0.29) is 6.42 Å². The van der Waals surface area contributed by atoms with Crippen LogP contribution in [0.4, 0.5) is 29.3 Å². The molecule has 0 saturated carbocycles. The van der Waals surface area contributed by atoms with Gasteiger partial charge in [-0.1, -0.05) is 29.8 Å². The number of carbonyl (C=O) groups is 2. The first-order chi connectivity index (χ1) is 12.2. The molecule has 0 unspecified atom stereocenters. The molecule has 5 nitrogen and oxygen atoms in total. The summed E-state index contributed by atoms with van der Waals surface area (Å²) >= 11 is 0. The number of amides is 3. The van der Waals surface area contributed by atoms with Crippen molar-refractivity contribution in [2.45, 2.75) is 19.5 Å². The van der Waals surface area contributed by atoms with Gasteiger partial charge in [-0.25, -0.2) is 4.79 Å². The van der Waals surface area contributed by atoms with Crippen molar-refractivity contribution in [1.29, 1.82) is 0 Å². The number of aryl methyl sites for hydroxylation is 1. The summed E-state index contributed by atoms with van der Waals surface area (Å²) in [6.45, 7) is 0.583. The largest absolute Gasteiger partial charge is 0.405 e. The van der Waals surface area contributed by atoms with Gasteiger partial charge in [0.05, 0.1) is 6.42 Å². The van der Waals surface area contributed by atoms with Crippen molar-refractivity contribution in [2.24, 2.45) is 0 Å². The predicted molar refractivity (Wildman–Crippen MR) is 93.0 cm³/mol. The molecule has 0 bridgehead atoms. The lowest BCUT2D eigenvalue weighted by Gasteiger charge is -2.10. The van der Waals surface area contributed by atoms with Crippen LogP contribution in [-0.2, 0) is 11.2 Å². The zero-order valence-electron chi connectivity index (χ0n) is 14.0. The van der Waals surface area contributed by atoms with Crippen LogP contribution in [0.1, 0.15) is 11.1 Å². The zero-order valence-corrected chi connectivity index (χ0v) is 14.0. The highest BCUT2D eigenvalue weighted by Crippen LogP contribution is 2.14. The molecular weight excluding hydrogens is 347 g/mol. The lowest BCUT2D eigenvalue weighted by molar-refractivity contribution is -0.138. The molecule has 2 rings (SSSR count). The first-order valence-corrected chi connectivity index (χ1v) is 7.78. The van der Waals surface area contributed by atoms with Crippen LogP contribution in [0.2, 0.25) is 0 Å². The van der Waals surface area contributed by atoms with Crippen LogP contribution in [0.5, 0.6) is 0 Å². The molecule has 0 atom stereocenters. The van der Waals surface area contributed by atoms with Crippen LogP contribution in [-0.4, -0.2) is 24.7 Å². The van der Waals surface area contributed by atoms with Gasteiger partial charge in [-0.05, 0) is 36.8 Å². The first-order valence-electron chi connectivity index (χ1n) is 7.78. The summed E-state index contributed by atoms with van der Waals surface area (Å²) in [5.41, 5.74) is 2.75. The summed E-state index contributed by atoms with van der Waals surface area (Å²) in [7, 11) is 0. The fourth-order valence-corrected chi connectivity index (χ4v) is 2.08. The fourth-order valence-electron chi connectivity index (χ4n) is 2.08. The van der Waals surface area contributed by atoms with Crippen LogP contribution in [0.25, 0.3) is 0 Å². The summed E-state index contributed by atoms with van der Waals surface area (Å²) in [4.78, 5) is 23.4. The van der Waals surface area contributed by atoms with E-state index in [9.17, 15) is 22.8 Å². The molecule has 26 heavy (non-hydrogen) atoms. The van der Waals surface area contributed by atoms with Gasteiger partial charge in [-0.3, -0.25) is 4.79 Å². The Hall–Kier alpha value is -3.03. The zero-order chi connectivity index (χ0) is 19.2. The molecule has 0 saturated heterocycles. The minimum Gasteiger partial charge on any atom is -0.347 e. The monoisotopic (exact) mass is 365 g/mol. The third kappa shape index (κ3) is 6.84. The number of hydrogen-bond acceptors (Lipinski definition) is 2. The summed E-state index contributed by atoms with van der Waals surface area (Å²) in [6, 6.07) is 13.1. The van der Waals surface area contributed by atoms with Gasteiger partial charge >= 0.3 is 12.2 Å². The lowest BCUT2D eigenvalue weighted by Crippen LogP contribution is -2.34. The molecule has 3 amide bonds. The average molecular weight is 365 g/mol. The molecule has 0 fully saturated rings. The second-order valence-electron chi connectivity index (χ2n) is 5.71. The van der Waals surface area contributed by atoms with Gasteiger partial charge in [0.15, 0.2) is 0 Å².